The molecule has 1 aliphatic heterocycles. The highest BCUT2D eigenvalue weighted by Gasteiger charge is 2.29. The molecule has 2 rings (SSSR count). The first-order valence-corrected chi connectivity index (χ1v) is 8.43. The van der Waals surface area contributed by atoms with Crippen molar-refractivity contribution >= 4 is 28.9 Å². The van der Waals surface area contributed by atoms with Crippen molar-refractivity contribution in [2.45, 2.75) is 6.92 Å². The summed E-state index contributed by atoms with van der Waals surface area (Å²) in [6.07, 6.45) is 0. The molecule has 0 radical (unpaired) electrons. The van der Waals surface area contributed by atoms with E-state index in [0.29, 0.717) is 12.4 Å². The topological polar surface area (TPSA) is 97.0 Å². The molecule has 9 heteroatoms. The van der Waals surface area contributed by atoms with Crippen LogP contribution in [0.15, 0.2) is 24.3 Å². The quantitative estimate of drug-likeness (QED) is 0.686. The molecule has 1 heterocycles. The molecule has 1 aromatic carbocycles. The third-order valence-electron chi connectivity index (χ3n) is 3.07. The van der Waals surface area contributed by atoms with Gasteiger partial charge in [-0.05, 0) is 31.2 Å². The molecule has 1 fully saturated rings. The average Bonchev–Trinajstić information content (AvgIpc) is 2.89. The van der Waals surface area contributed by atoms with Crippen LogP contribution in [0.25, 0.3) is 0 Å². The van der Waals surface area contributed by atoms with Gasteiger partial charge in [-0.3, -0.25) is 14.5 Å². The van der Waals surface area contributed by atoms with Gasteiger partial charge in [0.1, 0.15) is 11.5 Å². The molecule has 130 valence electrons. The molecule has 8 nitrogen and oxygen atoms in total. The lowest BCUT2D eigenvalue weighted by atomic mass is 10.3. The molecule has 2 N–H and O–H groups in total. The second-order valence-electron chi connectivity index (χ2n) is 4.73. The summed E-state index contributed by atoms with van der Waals surface area (Å²) in [5, 5.41) is 4.80. The zero-order valence-electron chi connectivity index (χ0n) is 13.2. The summed E-state index contributed by atoms with van der Waals surface area (Å²) in [6.45, 7) is 2.85. The molecule has 0 saturated carbocycles. The monoisotopic (exact) mass is 353 g/mol. The van der Waals surface area contributed by atoms with Gasteiger partial charge >= 0.3 is 6.03 Å². The van der Waals surface area contributed by atoms with Crippen LogP contribution in [-0.2, 0) is 4.79 Å². The van der Waals surface area contributed by atoms with Gasteiger partial charge in [0, 0.05) is 13.1 Å². The highest BCUT2D eigenvalue weighted by atomic mass is 32.2. The van der Waals surface area contributed by atoms with Gasteiger partial charge in [0.25, 0.3) is 5.24 Å². The van der Waals surface area contributed by atoms with E-state index in [1.165, 1.54) is 0 Å². The van der Waals surface area contributed by atoms with E-state index < -0.39 is 6.03 Å². The average molecular weight is 353 g/mol. The highest BCUT2D eigenvalue weighted by molar-refractivity contribution is 8.14. The zero-order valence-corrected chi connectivity index (χ0v) is 14.1. The van der Waals surface area contributed by atoms with E-state index in [9.17, 15) is 14.4 Å². The predicted octanol–water partition coefficient (Wildman–Crippen LogP) is 1.42. The Bertz CT molecular complexity index is 577. The SMILES string of the molecule is CCOc1ccc(OCNC(=O)NCCN2C(=O)CSC2=O)cc1. The Morgan fingerprint density at radius 2 is 1.83 bits per heavy atom. The Labute approximate surface area is 143 Å². The maximum Gasteiger partial charge on any atom is 0.317 e. The van der Waals surface area contributed by atoms with Crippen LogP contribution in [0.1, 0.15) is 6.92 Å². The summed E-state index contributed by atoms with van der Waals surface area (Å²) < 4.78 is 10.7. The molecule has 4 amide bonds. The Kier molecular flexibility index (Phi) is 6.74. The predicted molar refractivity (Wildman–Crippen MR) is 89.2 cm³/mol. The number of hydrogen-bond acceptors (Lipinski definition) is 6. The number of nitrogens with one attached hydrogen (secondary N) is 2. The van der Waals surface area contributed by atoms with Crippen LogP contribution in [0.3, 0.4) is 0 Å². The van der Waals surface area contributed by atoms with Crippen molar-refractivity contribution in [2.24, 2.45) is 0 Å². The summed E-state index contributed by atoms with van der Waals surface area (Å²) in [5.41, 5.74) is 0. The van der Waals surface area contributed by atoms with Gasteiger partial charge in [0.15, 0.2) is 6.73 Å². The number of imide groups is 1. The zero-order chi connectivity index (χ0) is 17.4. The molecule has 0 aliphatic carbocycles. The molecular formula is C15H19N3O5S. The van der Waals surface area contributed by atoms with Crippen LogP contribution in [0.4, 0.5) is 9.59 Å². The number of rotatable bonds is 8. The van der Waals surface area contributed by atoms with E-state index in [0.717, 1.165) is 22.4 Å². The van der Waals surface area contributed by atoms with E-state index in [1.54, 1.807) is 24.3 Å². The lowest BCUT2D eigenvalue weighted by Gasteiger charge is -2.14. The van der Waals surface area contributed by atoms with Gasteiger partial charge in [-0.25, -0.2) is 4.79 Å². The third kappa shape index (κ3) is 5.34. The number of carbonyl (C=O) groups is 3. The summed E-state index contributed by atoms with van der Waals surface area (Å²) in [4.78, 5) is 35.5. The number of ether oxygens (including phenoxy) is 2. The van der Waals surface area contributed by atoms with Crippen LogP contribution in [0, 0.1) is 0 Å². The maximum absolute atomic E-state index is 11.6. The molecule has 1 aliphatic rings. The van der Waals surface area contributed by atoms with Gasteiger partial charge in [0.2, 0.25) is 5.91 Å². The second kappa shape index (κ2) is 9.02. The smallest absolute Gasteiger partial charge is 0.317 e. The van der Waals surface area contributed by atoms with Crippen LogP contribution in [0.5, 0.6) is 11.5 Å². The van der Waals surface area contributed by atoms with Crippen LogP contribution in [0.2, 0.25) is 0 Å². The normalized spacial score (nSPS) is 13.8. The van der Waals surface area contributed by atoms with Crippen molar-refractivity contribution in [3.63, 3.8) is 0 Å². The van der Waals surface area contributed by atoms with Gasteiger partial charge in [0.05, 0.1) is 12.4 Å². The largest absolute Gasteiger partial charge is 0.494 e. The molecule has 24 heavy (non-hydrogen) atoms. The summed E-state index contributed by atoms with van der Waals surface area (Å²) in [7, 11) is 0. The number of amides is 4. The van der Waals surface area contributed by atoms with E-state index >= 15 is 0 Å². The van der Waals surface area contributed by atoms with E-state index in [4.69, 9.17) is 9.47 Å². The number of thioether (sulfide) groups is 1. The number of carbonyl (C=O) groups excluding carboxylic acids is 3. The highest BCUT2D eigenvalue weighted by Crippen LogP contribution is 2.18. The van der Waals surface area contributed by atoms with Crippen molar-refractivity contribution in [1.29, 1.82) is 0 Å². The lowest BCUT2D eigenvalue weighted by Crippen LogP contribution is -2.42. The van der Waals surface area contributed by atoms with E-state index in [-0.39, 0.29) is 36.7 Å². The minimum absolute atomic E-state index is 0.00274. The van der Waals surface area contributed by atoms with Gasteiger partial charge in [-0.2, -0.15) is 0 Å². The van der Waals surface area contributed by atoms with Crippen molar-refractivity contribution < 1.29 is 23.9 Å². The minimum Gasteiger partial charge on any atom is -0.494 e. The number of hydrogen-bond donors (Lipinski definition) is 2. The van der Waals surface area contributed by atoms with Crippen molar-refractivity contribution in [3.05, 3.63) is 24.3 Å². The molecule has 0 aromatic heterocycles. The van der Waals surface area contributed by atoms with Crippen molar-refractivity contribution in [1.82, 2.24) is 15.5 Å². The Balaban J connectivity index is 1.61. The van der Waals surface area contributed by atoms with Gasteiger partial charge in [-0.1, -0.05) is 11.8 Å². The standard InChI is InChI=1S/C15H19N3O5S/c1-2-22-11-3-5-12(6-4-11)23-10-17-14(20)16-7-8-18-13(19)9-24-15(18)21/h3-6H,2,7-10H2,1H3,(H2,16,17,20). The van der Waals surface area contributed by atoms with Crippen LogP contribution >= 0.6 is 11.8 Å². The summed E-state index contributed by atoms with van der Waals surface area (Å²) >= 11 is 0.968. The van der Waals surface area contributed by atoms with Gasteiger partial charge in [-0.15, -0.1) is 0 Å². The number of benzene rings is 1. The second-order valence-corrected chi connectivity index (χ2v) is 5.65. The van der Waals surface area contributed by atoms with Crippen molar-refractivity contribution in [3.8, 4) is 11.5 Å². The molecule has 0 bridgehead atoms. The van der Waals surface area contributed by atoms with Crippen molar-refractivity contribution in [2.75, 3.05) is 32.2 Å². The molecule has 1 aromatic rings. The fourth-order valence-corrected chi connectivity index (χ4v) is 2.68. The summed E-state index contributed by atoms with van der Waals surface area (Å²) in [6, 6.07) is 6.61. The first-order valence-electron chi connectivity index (χ1n) is 7.44. The Morgan fingerprint density at radius 3 is 2.42 bits per heavy atom. The minimum atomic E-state index is -0.437. The van der Waals surface area contributed by atoms with Crippen LogP contribution < -0.4 is 20.1 Å². The molecular weight excluding hydrogens is 334 g/mol. The first-order chi connectivity index (χ1) is 11.6. The fraction of sp³-hybridized carbons (Fsp3) is 0.400. The maximum atomic E-state index is 11.6. The van der Waals surface area contributed by atoms with Crippen LogP contribution in [-0.4, -0.2) is 54.3 Å². The Morgan fingerprint density at radius 1 is 1.17 bits per heavy atom. The van der Waals surface area contributed by atoms with E-state index in [1.807, 2.05) is 6.92 Å². The lowest BCUT2D eigenvalue weighted by molar-refractivity contribution is -0.124. The number of urea groups is 1. The summed E-state index contributed by atoms with van der Waals surface area (Å²) in [5.74, 6) is 1.29. The molecule has 1 saturated heterocycles. The molecule has 0 spiro atoms. The molecule has 0 unspecified atom stereocenters. The fourth-order valence-electron chi connectivity index (χ4n) is 1.92. The third-order valence-corrected chi connectivity index (χ3v) is 3.93. The first kappa shape index (κ1) is 17.9. The molecule has 0 atom stereocenters. The number of nitrogens with zero attached hydrogens (tertiary/aromatic N) is 1. The van der Waals surface area contributed by atoms with E-state index in [2.05, 4.69) is 10.6 Å². The Hall–Kier alpha value is -2.42. The van der Waals surface area contributed by atoms with Gasteiger partial charge < -0.3 is 20.1 Å².